The Kier molecular flexibility index (Phi) is 9.35. The summed E-state index contributed by atoms with van der Waals surface area (Å²) in [6.07, 6.45) is -1.23. The summed E-state index contributed by atoms with van der Waals surface area (Å²) in [5.41, 5.74) is 4.66. The van der Waals surface area contributed by atoms with Gasteiger partial charge in [0.25, 0.3) is 5.91 Å². The Morgan fingerprint density at radius 1 is 1.07 bits per heavy atom. The molecule has 0 unspecified atom stereocenters. The summed E-state index contributed by atoms with van der Waals surface area (Å²) >= 11 is 0. The number of fused-ring (bicyclic) bond motifs is 1. The van der Waals surface area contributed by atoms with Gasteiger partial charge in [0, 0.05) is 61.0 Å². The Labute approximate surface area is 227 Å². The van der Waals surface area contributed by atoms with E-state index in [1.54, 1.807) is 12.4 Å². The van der Waals surface area contributed by atoms with Gasteiger partial charge in [-0.15, -0.1) is 0 Å². The van der Waals surface area contributed by atoms with Crippen LogP contribution in [-0.4, -0.2) is 69.4 Å². The normalized spacial score (nSPS) is 12.8. The van der Waals surface area contributed by atoms with Crippen LogP contribution in [0.15, 0.2) is 42.7 Å². The second-order valence-electron chi connectivity index (χ2n) is 9.60. The standard InChI is InChI=1S/C24H28N6O3.C2HF3O2/c1-24(2,3)33-23(32)28-11-10-26-21-5-4-16(14-29-21)19-12-15(6-8-25-19)20-13-17-18(30-20)7-9-27-22(17)31;3-2(4,5)1(6)7/h4-6,8,12-14,30H,7,9-11H2,1-3H3,(H,26,29)(H,27,31)(H,28,32);(H,6,7). The maximum atomic E-state index is 12.0. The summed E-state index contributed by atoms with van der Waals surface area (Å²) in [4.78, 5) is 44.9. The molecule has 11 nitrogen and oxygen atoms in total. The first-order chi connectivity index (χ1) is 18.7. The number of hydrogen-bond acceptors (Lipinski definition) is 7. The summed E-state index contributed by atoms with van der Waals surface area (Å²) in [5, 5.41) is 15.9. The minimum atomic E-state index is -5.08. The molecule has 3 aromatic rings. The fourth-order valence-electron chi connectivity index (χ4n) is 3.52. The topological polar surface area (TPSA) is 158 Å². The highest BCUT2D eigenvalue weighted by Crippen LogP contribution is 2.27. The zero-order valence-electron chi connectivity index (χ0n) is 22.0. The number of halogens is 3. The van der Waals surface area contributed by atoms with Crippen LogP contribution in [0.25, 0.3) is 22.5 Å². The molecule has 4 heterocycles. The molecule has 0 aromatic carbocycles. The maximum Gasteiger partial charge on any atom is 0.490 e. The van der Waals surface area contributed by atoms with E-state index < -0.39 is 23.8 Å². The molecule has 14 heteroatoms. The third kappa shape index (κ3) is 8.71. The molecule has 3 aromatic heterocycles. The van der Waals surface area contributed by atoms with Gasteiger partial charge in [0.1, 0.15) is 11.4 Å². The van der Waals surface area contributed by atoms with Crippen molar-refractivity contribution in [3.8, 4) is 22.5 Å². The van der Waals surface area contributed by atoms with E-state index >= 15 is 0 Å². The number of aliphatic carboxylic acids is 1. The number of carbonyl (C=O) groups is 3. The molecule has 1 aliphatic heterocycles. The Balaban J connectivity index is 0.000000559. The largest absolute Gasteiger partial charge is 0.490 e. The number of nitrogens with zero attached hydrogens (tertiary/aromatic N) is 2. The van der Waals surface area contributed by atoms with Crippen molar-refractivity contribution in [2.24, 2.45) is 0 Å². The number of pyridine rings is 2. The van der Waals surface area contributed by atoms with Crippen LogP contribution in [0.2, 0.25) is 0 Å². The Bertz CT molecular complexity index is 1350. The number of hydrogen-bond donors (Lipinski definition) is 5. The molecular formula is C26H29F3N6O5. The number of carbonyl (C=O) groups excluding carboxylic acids is 2. The number of ether oxygens (including phenoxy) is 1. The number of carboxylic acids is 1. The number of rotatable bonds is 6. The van der Waals surface area contributed by atoms with Gasteiger partial charge in [0.2, 0.25) is 0 Å². The van der Waals surface area contributed by atoms with Crippen molar-refractivity contribution in [3.63, 3.8) is 0 Å². The molecule has 1 aliphatic rings. The van der Waals surface area contributed by atoms with Crippen molar-refractivity contribution in [2.75, 3.05) is 25.0 Å². The first-order valence-corrected chi connectivity index (χ1v) is 12.2. The predicted octanol–water partition coefficient (Wildman–Crippen LogP) is 3.99. The maximum absolute atomic E-state index is 12.0. The van der Waals surface area contributed by atoms with Crippen LogP contribution in [0.4, 0.5) is 23.8 Å². The number of aromatic nitrogens is 3. The number of amides is 2. The highest BCUT2D eigenvalue weighted by molar-refractivity contribution is 5.97. The minimum absolute atomic E-state index is 0.0402. The van der Waals surface area contributed by atoms with Crippen molar-refractivity contribution in [2.45, 2.75) is 39.0 Å². The third-order valence-corrected chi connectivity index (χ3v) is 5.28. The lowest BCUT2D eigenvalue weighted by Crippen LogP contribution is -2.35. The van der Waals surface area contributed by atoms with E-state index in [2.05, 4.69) is 30.9 Å². The van der Waals surface area contributed by atoms with Gasteiger partial charge in [-0.05, 0) is 51.1 Å². The highest BCUT2D eigenvalue weighted by Gasteiger charge is 2.38. The molecule has 40 heavy (non-hydrogen) atoms. The van der Waals surface area contributed by atoms with E-state index in [0.717, 1.165) is 34.6 Å². The smallest absolute Gasteiger partial charge is 0.475 e. The van der Waals surface area contributed by atoms with E-state index in [-0.39, 0.29) is 5.91 Å². The number of H-pyrrole nitrogens is 1. The van der Waals surface area contributed by atoms with Gasteiger partial charge in [-0.1, -0.05) is 0 Å². The second-order valence-corrected chi connectivity index (χ2v) is 9.60. The molecule has 214 valence electrons. The lowest BCUT2D eigenvalue weighted by atomic mass is 10.1. The quantitative estimate of drug-likeness (QED) is 0.282. The van der Waals surface area contributed by atoms with Gasteiger partial charge in [-0.3, -0.25) is 9.78 Å². The molecule has 0 atom stereocenters. The van der Waals surface area contributed by atoms with Crippen LogP contribution in [-0.2, 0) is 16.0 Å². The fraction of sp³-hybridized carbons (Fsp3) is 0.346. The van der Waals surface area contributed by atoms with Gasteiger partial charge in [-0.2, -0.15) is 13.2 Å². The Morgan fingerprint density at radius 2 is 1.80 bits per heavy atom. The number of carboxylic acid groups (broad SMARTS) is 1. The molecule has 0 fully saturated rings. The Hall–Kier alpha value is -4.62. The molecule has 5 N–H and O–H groups in total. The number of alkyl halides is 3. The summed E-state index contributed by atoms with van der Waals surface area (Å²) in [6.45, 7) is 7.06. The lowest BCUT2D eigenvalue weighted by molar-refractivity contribution is -0.192. The van der Waals surface area contributed by atoms with Crippen molar-refractivity contribution in [3.05, 3.63) is 54.0 Å². The van der Waals surface area contributed by atoms with E-state index in [1.807, 2.05) is 51.1 Å². The fourth-order valence-corrected chi connectivity index (χ4v) is 3.52. The zero-order chi connectivity index (χ0) is 29.5. The van der Waals surface area contributed by atoms with Crippen LogP contribution in [0.5, 0.6) is 0 Å². The third-order valence-electron chi connectivity index (χ3n) is 5.28. The first kappa shape index (κ1) is 29.9. The molecule has 0 saturated carbocycles. The van der Waals surface area contributed by atoms with Crippen LogP contribution in [0, 0.1) is 0 Å². The predicted molar refractivity (Wildman–Crippen MR) is 140 cm³/mol. The Morgan fingerprint density at radius 3 is 2.40 bits per heavy atom. The van der Waals surface area contributed by atoms with Crippen molar-refractivity contribution in [1.82, 2.24) is 25.6 Å². The molecule has 0 spiro atoms. The van der Waals surface area contributed by atoms with Crippen molar-refractivity contribution >= 4 is 23.8 Å². The lowest BCUT2D eigenvalue weighted by Gasteiger charge is -2.19. The number of nitrogens with one attached hydrogen (secondary N) is 4. The van der Waals surface area contributed by atoms with E-state index in [1.165, 1.54) is 0 Å². The van der Waals surface area contributed by atoms with Crippen LogP contribution < -0.4 is 16.0 Å². The minimum Gasteiger partial charge on any atom is -0.475 e. The van der Waals surface area contributed by atoms with Crippen LogP contribution in [0.3, 0.4) is 0 Å². The SMILES string of the molecule is CC(C)(C)OC(=O)NCCNc1ccc(-c2cc(-c3cc4c([nH]3)CCNC4=O)ccn2)cn1.O=C(O)C(F)(F)F. The van der Waals surface area contributed by atoms with Crippen LogP contribution in [0.1, 0.15) is 36.8 Å². The number of anilines is 1. The van der Waals surface area contributed by atoms with Crippen LogP contribution >= 0.6 is 0 Å². The van der Waals surface area contributed by atoms with Gasteiger partial charge in [0.05, 0.1) is 11.3 Å². The zero-order valence-corrected chi connectivity index (χ0v) is 22.0. The molecule has 4 rings (SSSR count). The molecule has 0 saturated heterocycles. The van der Waals surface area contributed by atoms with Gasteiger partial charge in [-0.25, -0.2) is 14.6 Å². The molecular weight excluding hydrogens is 533 g/mol. The molecule has 2 amide bonds. The summed E-state index contributed by atoms with van der Waals surface area (Å²) in [6, 6.07) is 9.59. The van der Waals surface area contributed by atoms with E-state index in [0.29, 0.717) is 31.0 Å². The van der Waals surface area contributed by atoms with Crippen molar-refractivity contribution in [1.29, 1.82) is 0 Å². The summed E-state index contributed by atoms with van der Waals surface area (Å²) < 4.78 is 36.9. The monoisotopic (exact) mass is 562 g/mol. The van der Waals surface area contributed by atoms with E-state index in [4.69, 9.17) is 14.6 Å². The average Bonchev–Trinajstić information content (AvgIpc) is 3.32. The molecule has 0 aliphatic carbocycles. The summed E-state index contributed by atoms with van der Waals surface area (Å²) in [5.74, 6) is -2.10. The van der Waals surface area contributed by atoms with E-state index in [9.17, 15) is 22.8 Å². The van der Waals surface area contributed by atoms with Gasteiger partial charge >= 0.3 is 18.2 Å². The van der Waals surface area contributed by atoms with Crippen molar-refractivity contribution < 1.29 is 37.4 Å². The molecule has 0 bridgehead atoms. The highest BCUT2D eigenvalue weighted by atomic mass is 19.4. The average molecular weight is 563 g/mol. The summed E-state index contributed by atoms with van der Waals surface area (Å²) in [7, 11) is 0. The second kappa shape index (κ2) is 12.5. The first-order valence-electron chi connectivity index (χ1n) is 12.2. The molecule has 0 radical (unpaired) electrons. The van der Waals surface area contributed by atoms with Gasteiger partial charge in [0.15, 0.2) is 0 Å². The number of aromatic amines is 1. The van der Waals surface area contributed by atoms with Gasteiger partial charge < -0.3 is 30.8 Å². The number of alkyl carbamates (subject to hydrolysis) is 1.